The van der Waals surface area contributed by atoms with Crippen LogP contribution in [0.2, 0.25) is 0 Å². The molecule has 2 saturated heterocycles. The maximum atomic E-state index is 12.7. The van der Waals surface area contributed by atoms with Crippen LogP contribution in [0.15, 0.2) is 35.2 Å². The molecular weight excluding hydrogens is 264 g/mol. The third-order valence-corrected chi connectivity index (χ3v) is 6.42. The highest BCUT2D eigenvalue weighted by atomic mass is 32.2. The van der Waals surface area contributed by atoms with E-state index in [1.54, 1.807) is 37.3 Å². The predicted octanol–water partition coefficient (Wildman–Crippen LogP) is 2.14. The molecule has 19 heavy (non-hydrogen) atoms. The lowest BCUT2D eigenvalue weighted by atomic mass is 9.95. The summed E-state index contributed by atoms with van der Waals surface area (Å²) >= 11 is 0. The van der Waals surface area contributed by atoms with Crippen LogP contribution in [0.25, 0.3) is 0 Å². The van der Waals surface area contributed by atoms with Crippen molar-refractivity contribution in [3.05, 3.63) is 30.3 Å². The number of hydrogen-bond acceptors (Lipinski definition) is 4. The second-order valence-corrected chi connectivity index (χ2v) is 7.87. The van der Waals surface area contributed by atoms with Crippen molar-refractivity contribution in [1.82, 2.24) is 0 Å². The summed E-state index contributed by atoms with van der Waals surface area (Å²) in [6, 6.07) is 8.53. The van der Waals surface area contributed by atoms with Gasteiger partial charge in [0.1, 0.15) is 5.25 Å². The van der Waals surface area contributed by atoms with Gasteiger partial charge in [-0.05, 0) is 38.8 Å². The Morgan fingerprint density at radius 2 is 1.89 bits per heavy atom. The molecule has 0 saturated carbocycles. The van der Waals surface area contributed by atoms with Crippen molar-refractivity contribution >= 4 is 9.84 Å². The quantitative estimate of drug-likeness (QED) is 0.834. The van der Waals surface area contributed by atoms with Crippen LogP contribution in [0.4, 0.5) is 0 Å². The third kappa shape index (κ3) is 2.00. The molecule has 0 aromatic heterocycles. The molecule has 2 fully saturated rings. The zero-order chi connectivity index (χ0) is 13.7. The monoisotopic (exact) mass is 282 g/mol. The molecule has 2 aliphatic heterocycles. The van der Waals surface area contributed by atoms with Crippen LogP contribution >= 0.6 is 0 Å². The van der Waals surface area contributed by atoms with Crippen LogP contribution in [0, 0.1) is 0 Å². The van der Waals surface area contributed by atoms with Crippen molar-refractivity contribution < 1.29 is 17.9 Å². The first-order chi connectivity index (χ1) is 8.86. The molecule has 0 amide bonds. The summed E-state index contributed by atoms with van der Waals surface area (Å²) in [6.07, 6.45) is 1.28. The predicted molar refractivity (Wildman–Crippen MR) is 70.5 cm³/mol. The van der Waals surface area contributed by atoms with Crippen LogP contribution in [-0.2, 0) is 19.3 Å². The lowest BCUT2D eigenvalue weighted by Crippen LogP contribution is -2.51. The lowest BCUT2D eigenvalue weighted by Gasteiger charge is -2.39. The van der Waals surface area contributed by atoms with Crippen LogP contribution in [-0.4, -0.2) is 31.7 Å². The van der Waals surface area contributed by atoms with Gasteiger partial charge in [0.2, 0.25) is 0 Å². The average molecular weight is 282 g/mol. The molecule has 3 rings (SSSR count). The second-order valence-electron chi connectivity index (χ2n) is 5.74. The molecule has 2 heterocycles. The summed E-state index contributed by atoms with van der Waals surface area (Å²) in [6.45, 7) is 4.18. The van der Waals surface area contributed by atoms with Gasteiger partial charge >= 0.3 is 0 Å². The summed E-state index contributed by atoms with van der Waals surface area (Å²) < 4.78 is 37.0. The van der Waals surface area contributed by atoms with Crippen LogP contribution in [0.3, 0.4) is 0 Å². The number of fused-ring (bicyclic) bond motifs is 2. The topological polar surface area (TPSA) is 52.6 Å². The van der Waals surface area contributed by atoms with Gasteiger partial charge in [0.25, 0.3) is 0 Å². The molecule has 104 valence electrons. The molecule has 1 aromatic carbocycles. The Morgan fingerprint density at radius 3 is 2.58 bits per heavy atom. The van der Waals surface area contributed by atoms with Crippen molar-refractivity contribution in [3.8, 4) is 0 Å². The highest BCUT2D eigenvalue weighted by Crippen LogP contribution is 2.46. The number of ether oxygens (including phenoxy) is 2. The van der Waals surface area contributed by atoms with Crippen LogP contribution < -0.4 is 0 Å². The molecule has 2 bridgehead atoms. The summed E-state index contributed by atoms with van der Waals surface area (Å²) in [4.78, 5) is 0.337. The Balaban J connectivity index is 1.99. The lowest BCUT2D eigenvalue weighted by molar-refractivity contribution is -0.191. The van der Waals surface area contributed by atoms with Gasteiger partial charge in [0.05, 0.1) is 17.1 Å². The van der Waals surface area contributed by atoms with Crippen LogP contribution in [0.1, 0.15) is 26.7 Å². The first kappa shape index (κ1) is 13.1. The Hall–Kier alpha value is -0.910. The van der Waals surface area contributed by atoms with E-state index in [1.165, 1.54) is 0 Å². The number of benzene rings is 1. The first-order valence-electron chi connectivity index (χ1n) is 6.49. The molecule has 2 aliphatic rings. The largest absolute Gasteiger partial charge is 0.346 e. The van der Waals surface area contributed by atoms with E-state index in [0.29, 0.717) is 24.3 Å². The molecule has 1 aromatic rings. The fraction of sp³-hybridized carbons (Fsp3) is 0.571. The van der Waals surface area contributed by atoms with Gasteiger partial charge in [-0.15, -0.1) is 0 Å². The van der Waals surface area contributed by atoms with E-state index in [9.17, 15) is 8.42 Å². The van der Waals surface area contributed by atoms with Crippen molar-refractivity contribution in [2.75, 3.05) is 6.61 Å². The minimum atomic E-state index is -3.43. The molecule has 0 N–H and O–H groups in total. The van der Waals surface area contributed by atoms with E-state index in [0.717, 1.165) is 0 Å². The minimum absolute atomic E-state index is 0.336. The summed E-state index contributed by atoms with van der Waals surface area (Å²) in [7, 11) is -3.43. The van der Waals surface area contributed by atoms with Crippen LogP contribution in [0.5, 0.6) is 0 Å². The van der Waals surface area contributed by atoms with Gasteiger partial charge < -0.3 is 9.47 Å². The summed E-state index contributed by atoms with van der Waals surface area (Å²) in [5.74, 6) is -1.03. The van der Waals surface area contributed by atoms with Gasteiger partial charge in [0.15, 0.2) is 15.6 Å². The number of rotatable bonds is 2. The van der Waals surface area contributed by atoms with E-state index >= 15 is 0 Å². The molecule has 0 spiro atoms. The highest BCUT2D eigenvalue weighted by molar-refractivity contribution is 7.92. The van der Waals surface area contributed by atoms with E-state index < -0.39 is 20.9 Å². The fourth-order valence-electron chi connectivity index (χ4n) is 3.04. The van der Waals surface area contributed by atoms with E-state index in [1.807, 2.05) is 6.92 Å². The zero-order valence-electron chi connectivity index (χ0n) is 11.1. The van der Waals surface area contributed by atoms with Gasteiger partial charge in [0, 0.05) is 0 Å². The van der Waals surface area contributed by atoms with E-state index in [-0.39, 0.29) is 5.60 Å². The Kier molecular flexibility index (Phi) is 2.78. The van der Waals surface area contributed by atoms with Crippen molar-refractivity contribution in [2.24, 2.45) is 0 Å². The fourth-order valence-corrected chi connectivity index (χ4v) is 5.01. The zero-order valence-corrected chi connectivity index (χ0v) is 11.9. The van der Waals surface area contributed by atoms with Gasteiger partial charge in [-0.3, -0.25) is 0 Å². The maximum Gasteiger partial charge on any atom is 0.186 e. The number of sulfone groups is 1. The molecule has 0 aliphatic carbocycles. The Morgan fingerprint density at radius 1 is 1.21 bits per heavy atom. The van der Waals surface area contributed by atoms with Gasteiger partial charge in [-0.2, -0.15) is 0 Å². The Bertz CT molecular complexity index is 583. The molecule has 4 nitrogen and oxygen atoms in total. The SMILES string of the molecule is C[C@]12CC[C@@H](S(=O)(=O)c3ccccc3)[C@](C)(OC1)O2. The minimum Gasteiger partial charge on any atom is -0.346 e. The average Bonchev–Trinajstić information content (AvgIpc) is 2.60. The van der Waals surface area contributed by atoms with E-state index in [4.69, 9.17) is 9.47 Å². The summed E-state index contributed by atoms with van der Waals surface area (Å²) in [5.41, 5.74) is -0.336. The Labute approximate surface area is 113 Å². The standard InChI is InChI=1S/C14H18O4S/c1-13-9-8-12(14(2,18-13)17-10-13)19(15,16)11-6-4-3-5-7-11/h3-7,12H,8-10H2,1-2H3/t12-,13+,14-/m1/s1. The normalized spacial score (nSPS) is 38.3. The van der Waals surface area contributed by atoms with Crippen molar-refractivity contribution in [1.29, 1.82) is 0 Å². The van der Waals surface area contributed by atoms with E-state index in [2.05, 4.69) is 0 Å². The molecule has 3 atom stereocenters. The maximum absolute atomic E-state index is 12.7. The summed E-state index contributed by atoms with van der Waals surface area (Å²) in [5, 5.41) is -0.641. The third-order valence-electron chi connectivity index (χ3n) is 4.08. The second kappa shape index (κ2) is 4.04. The molecular formula is C14H18O4S. The highest BCUT2D eigenvalue weighted by Gasteiger charge is 2.58. The number of hydrogen-bond donors (Lipinski definition) is 0. The van der Waals surface area contributed by atoms with Gasteiger partial charge in [-0.1, -0.05) is 18.2 Å². The van der Waals surface area contributed by atoms with Crippen molar-refractivity contribution in [2.45, 2.75) is 48.2 Å². The molecule has 5 heteroatoms. The smallest absolute Gasteiger partial charge is 0.186 e. The molecule has 0 unspecified atom stereocenters. The molecule has 0 radical (unpaired) electrons. The van der Waals surface area contributed by atoms with Crippen molar-refractivity contribution in [3.63, 3.8) is 0 Å². The first-order valence-corrected chi connectivity index (χ1v) is 8.04. The van der Waals surface area contributed by atoms with Gasteiger partial charge in [-0.25, -0.2) is 8.42 Å².